The number of hydrogen-bond acceptors (Lipinski definition) is 7. The average Bonchev–Trinajstić information content (AvgIpc) is 3.52. The molecule has 0 bridgehead atoms. The van der Waals surface area contributed by atoms with E-state index >= 15 is 0 Å². The molecule has 48 heavy (non-hydrogen) atoms. The minimum absolute atomic E-state index is 0.0889. The third-order valence-corrected chi connectivity index (χ3v) is 8.69. The van der Waals surface area contributed by atoms with Crippen LogP contribution in [-0.2, 0) is 32.0 Å². The molecule has 266 valence electrons. The lowest BCUT2D eigenvalue weighted by molar-refractivity contribution is -0.131. The number of H-pyrrole nitrogens is 1. The van der Waals surface area contributed by atoms with Crippen molar-refractivity contribution < 1.29 is 29.0 Å². The molecule has 5 atom stereocenters. The number of amides is 4. The molecule has 0 spiro atoms. The van der Waals surface area contributed by atoms with Gasteiger partial charge in [-0.1, -0.05) is 76.3 Å². The van der Waals surface area contributed by atoms with Crippen LogP contribution in [0, 0.1) is 17.8 Å². The van der Waals surface area contributed by atoms with Crippen LogP contribution in [0.5, 0.6) is 0 Å². The van der Waals surface area contributed by atoms with Crippen LogP contribution >= 0.6 is 0 Å². The number of hydrogen-bond donors (Lipinski definition) is 6. The van der Waals surface area contributed by atoms with Crippen LogP contribution in [0.1, 0.15) is 97.2 Å². The van der Waals surface area contributed by atoms with E-state index in [9.17, 15) is 24.3 Å². The van der Waals surface area contributed by atoms with E-state index in [0.29, 0.717) is 24.5 Å². The van der Waals surface area contributed by atoms with E-state index in [-0.39, 0.29) is 25.2 Å². The molecule has 1 fully saturated rings. The van der Waals surface area contributed by atoms with Gasteiger partial charge in [0, 0.05) is 30.7 Å². The number of imidazole rings is 1. The van der Waals surface area contributed by atoms with Crippen LogP contribution in [0.3, 0.4) is 0 Å². The molecule has 12 nitrogen and oxygen atoms in total. The summed E-state index contributed by atoms with van der Waals surface area (Å²) in [7, 11) is 0. The Labute approximate surface area is 284 Å². The topological polar surface area (TPSA) is 189 Å². The van der Waals surface area contributed by atoms with E-state index in [1.54, 1.807) is 27.0 Å². The van der Waals surface area contributed by atoms with E-state index < -0.39 is 59.6 Å². The lowest BCUT2D eigenvalue weighted by Gasteiger charge is -2.33. The number of carbonyl (C=O) groups is 4. The maximum atomic E-state index is 14.1. The van der Waals surface area contributed by atoms with Gasteiger partial charge in [-0.3, -0.25) is 14.4 Å². The first-order valence-electron chi connectivity index (χ1n) is 17.3. The maximum Gasteiger partial charge on any atom is 0.408 e. The predicted octanol–water partition coefficient (Wildman–Crippen LogP) is 3.93. The predicted molar refractivity (Wildman–Crippen MR) is 183 cm³/mol. The fourth-order valence-electron chi connectivity index (χ4n) is 6.34. The Morgan fingerprint density at radius 2 is 1.60 bits per heavy atom. The van der Waals surface area contributed by atoms with E-state index in [0.717, 1.165) is 37.7 Å². The Balaban J connectivity index is 1.85. The molecular formula is C36H56N6O6. The number of aromatic amines is 1. The zero-order valence-corrected chi connectivity index (χ0v) is 29.2. The number of alkyl carbamates (subject to hydrolysis) is 1. The van der Waals surface area contributed by atoms with Crippen molar-refractivity contribution in [3.8, 4) is 0 Å². The molecule has 0 aliphatic heterocycles. The Morgan fingerprint density at radius 3 is 2.19 bits per heavy atom. The second kappa shape index (κ2) is 18.6. The van der Waals surface area contributed by atoms with Gasteiger partial charge in [0.15, 0.2) is 0 Å². The highest BCUT2D eigenvalue weighted by Crippen LogP contribution is 2.29. The molecule has 0 saturated heterocycles. The van der Waals surface area contributed by atoms with Gasteiger partial charge in [0.2, 0.25) is 17.7 Å². The molecule has 1 heterocycles. The normalized spacial score (nSPS) is 17.1. The van der Waals surface area contributed by atoms with Gasteiger partial charge in [0.25, 0.3) is 0 Å². The second-order valence-corrected chi connectivity index (χ2v) is 14.6. The van der Waals surface area contributed by atoms with Crippen LogP contribution in [0.4, 0.5) is 4.79 Å². The average molecular weight is 669 g/mol. The first-order valence-corrected chi connectivity index (χ1v) is 17.3. The van der Waals surface area contributed by atoms with Crippen molar-refractivity contribution in [1.29, 1.82) is 0 Å². The summed E-state index contributed by atoms with van der Waals surface area (Å²) in [6.07, 6.45) is 8.07. The lowest BCUT2D eigenvalue weighted by Crippen LogP contribution is -2.58. The maximum absolute atomic E-state index is 14.1. The number of carbonyl (C=O) groups excluding carboxylic acids is 4. The van der Waals surface area contributed by atoms with Crippen molar-refractivity contribution in [2.75, 3.05) is 0 Å². The number of nitrogens with zero attached hydrogens (tertiary/aromatic N) is 1. The number of nitrogens with two attached hydrogens (primary N) is 1. The van der Waals surface area contributed by atoms with E-state index in [1.807, 2.05) is 44.2 Å². The van der Waals surface area contributed by atoms with Crippen LogP contribution in [0.2, 0.25) is 0 Å². The van der Waals surface area contributed by atoms with Crippen molar-refractivity contribution in [2.24, 2.45) is 23.5 Å². The number of nitrogens with one attached hydrogen (secondary N) is 4. The zero-order valence-electron chi connectivity index (χ0n) is 29.2. The molecule has 2 aromatic rings. The molecule has 0 radical (unpaired) electrons. The van der Waals surface area contributed by atoms with Crippen molar-refractivity contribution in [3.63, 3.8) is 0 Å². The molecule has 3 rings (SSSR count). The molecule has 1 aromatic carbocycles. The quantitative estimate of drug-likeness (QED) is 0.147. The van der Waals surface area contributed by atoms with E-state index in [2.05, 4.69) is 25.9 Å². The summed E-state index contributed by atoms with van der Waals surface area (Å²) in [5.41, 5.74) is 6.36. The molecule has 12 heteroatoms. The number of aliphatic hydroxyl groups excluding tert-OH is 1. The third kappa shape index (κ3) is 13.7. The summed E-state index contributed by atoms with van der Waals surface area (Å²) in [6.45, 7) is 9.19. The number of aromatic nitrogens is 2. The van der Waals surface area contributed by atoms with Crippen LogP contribution in [0.25, 0.3) is 0 Å². The van der Waals surface area contributed by atoms with Crippen molar-refractivity contribution in [3.05, 3.63) is 54.1 Å². The van der Waals surface area contributed by atoms with Gasteiger partial charge in [-0.25, -0.2) is 9.78 Å². The molecular weight excluding hydrogens is 612 g/mol. The first-order chi connectivity index (χ1) is 22.7. The fourth-order valence-corrected chi connectivity index (χ4v) is 6.34. The Morgan fingerprint density at radius 1 is 0.958 bits per heavy atom. The fraction of sp³-hybridized carbons (Fsp3) is 0.639. The molecule has 1 saturated carbocycles. The Hall–Kier alpha value is -3.93. The number of benzene rings is 1. The number of ether oxygens (including phenoxy) is 1. The molecule has 4 amide bonds. The van der Waals surface area contributed by atoms with E-state index in [1.165, 1.54) is 6.33 Å². The highest BCUT2D eigenvalue weighted by Gasteiger charge is 2.34. The molecule has 7 N–H and O–H groups in total. The second-order valence-electron chi connectivity index (χ2n) is 14.6. The van der Waals surface area contributed by atoms with Crippen molar-refractivity contribution in [2.45, 2.75) is 129 Å². The van der Waals surface area contributed by atoms with Crippen molar-refractivity contribution in [1.82, 2.24) is 25.9 Å². The Kier molecular flexibility index (Phi) is 14.9. The van der Waals surface area contributed by atoms with Gasteiger partial charge in [-0.05, 0) is 57.4 Å². The van der Waals surface area contributed by atoms with Crippen molar-refractivity contribution >= 4 is 23.8 Å². The summed E-state index contributed by atoms with van der Waals surface area (Å²) < 4.78 is 5.43. The van der Waals surface area contributed by atoms with Gasteiger partial charge in [0.05, 0.1) is 18.5 Å². The number of aliphatic hydroxyl groups is 1. The summed E-state index contributed by atoms with van der Waals surface area (Å²) in [5.74, 6) is -1.56. The standard InChI is InChI=1S/C36H56N6O6/c1-23(2)16-26(32(37)44)19-31(43)28(17-24-12-8-6-9-13-24)40-34(46)30(20-27-21-38-22-39-27)41-33(45)29(18-25-14-10-7-11-15-25)42-35(47)48-36(3,4)5/h7,10-11,14-15,21-24,26,28-31,43H,6,8-9,12-13,16-20H2,1-5H3,(H2,37,44)(H,38,39)(H,40,46)(H,41,45)(H,42,47)/t26-,28+,29+,30+,31+/m1/s1. The molecule has 1 aromatic heterocycles. The van der Waals surface area contributed by atoms with E-state index in [4.69, 9.17) is 10.5 Å². The largest absolute Gasteiger partial charge is 0.444 e. The smallest absolute Gasteiger partial charge is 0.408 e. The van der Waals surface area contributed by atoms with Crippen LogP contribution in [-0.4, -0.2) is 68.7 Å². The highest BCUT2D eigenvalue weighted by atomic mass is 16.6. The highest BCUT2D eigenvalue weighted by molar-refractivity contribution is 5.91. The summed E-state index contributed by atoms with van der Waals surface area (Å²) in [5, 5.41) is 20.1. The van der Waals surface area contributed by atoms with Gasteiger partial charge in [-0.15, -0.1) is 0 Å². The van der Waals surface area contributed by atoms with Crippen LogP contribution in [0.15, 0.2) is 42.9 Å². The van der Waals surface area contributed by atoms with Gasteiger partial charge < -0.3 is 36.5 Å². The third-order valence-electron chi connectivity index (χ3n) is 8.69. The minimum atomic E-state index is -1.07. The first kappa shape index (κ1) is 38.5. The Bertz CT molecular complexity index is 1290. The SMILES string of the molecule is CC(C)C[C@H](C[C@H](O)[C@H](CC1CCCCC1)NC(=O)[C@H](Cc1cnc[nH]1)NC(=O)[C@H](Cc1ccccc1)NC(=O)OC(C)(C)C)C(N)=O. The lowest BCUT2D eigenvalue weighted by atomic mass is 9.81. The summed E-state index contributed by atoms with van der Waals surface area (Å²) >= 11 is 0. The zero-order chi connectivity index (χ0) is 35.3. The van der Waals surface area contributed by atoms with Gasteiger partial charge >= 0.3 is 6.09 Å². The monoisotopic (exact) mass is 668 g/mol. The number of rotatable bonds is 17. The van der Waals surface area contributed by atoms with Gasteiger partial charge in [0.1, 0.15) is 17.7 Å². The summed E-state index contributed by atoms with van der Waals surface area (Å²) in [4.78, 5) is 60.1. The molecule has 0 unspecified atom stereocenters. The van der Waals surface area contributed by atoms with Crippen LogP contribution < -0.4 is 21.7 Å². The van der Waals surface area contributed by atoms with Gasteiger partial charge in [-0.2, -0.15) is 0 Å². The molecule has 1 aliphatic rings. The molecule has 1 aliphatic carbocycles. The summed E-state index contributed by atoms with van der Waals surface area (Å²) in [6, 6.07) is 6.47. The number of primary amides is 1. The minimum Gasteiger partial charge on any atom is -0.444 e.